The first kappa shape index (κ1) is 13.2. The molecule has 0 amide bonds. The third-order valence-corrected chi connectivity index (χ3v) is 3.72. The Hall–Kier alpha value is -1.28. The van der Waals surface area contributed by atoms with Crippen LogP contribution in [0.1, 0.15) is 16.4 Å². The van der Waals surface area contributed by atoms with E-state index >= 15 is 0 Å². The highest BCUT2D eigenvalue weighted by Gasteiger charge is 2.34. The van der Waals surface area contributed by atoms with E-state index in [2.05, 4.69) is 15.0 Å². The minimum absolute atomic E-state index is 0.378. The molecule has 2 heterocycles. The molecule has 0 radical (unpaired) electrons. The molecular weight excluding hydrogens is 283 g/mol. The average molecular weight is 291 g/mol. The van der Waals surface area contributed by atoms with Gasteiger partial charge in [0.1, 0.15) is 10.5 Å². The van der Waals surface area contributed by atoms with Gasteiger partial charge in [0.05, 0.1) is 10.6 Å². The lowest BCUT2D eigenvalue weighted by molar-refractivity contribution is -0.137. The van der Waals surface area contributed by atoms with Gasteiger partial charge in [0.2, 0.25) is 0 Å². The second kappa shape index (κ2) is 4.43. The van der Waals surface area contributed by atoms with Gasteiger partial charge < -0.3 is 4.98 Å². The van der Waals surface area contributed by atoms with Crippen molar-refractivity contribution in [3.8, 4) is 10.6 Å². The summed E-state index contributed by atoms with van der Waals surface area (Å²) in [6.45, 7) is 3.41. The summed E-state index contributed by atoms with van der Waals surface area (Å²) in [5.74, 6) is 0.558. The minimum atomic E-state index is -4.42. The maximum Gasteiger partial charge on any atom is 0.443 e. The molecule has 0 unspecified atom stereocenters. The van der Waals surface area contributed by atoms with Gasteiger partial charge in [-0.2, -0.15) is 13.2 Å². The van der Waals surface area contributed by atoms with Gasteiger partial charge in [0, 0.05) is 11.8 Å². The topological polar surface area (TPSA) is 41.6 Å². The lowest BCUT2D eigenvalue weighted by atomic mass is 10.2. The predicted molar refractivity (Wildman–Crippen MR) is 65.0 cm³/mol. The summed E-state index contributed by atoms with van der Waals surface area (Å²) in [5.41, 5.74) is 1.19. The quantitative estimate of drug-likeness (QED) is 0.810. The van der Waals surface area contributed by atoms with Crippen LogP contribution in [0.15, 0.2) is 6.20 Å². The van der Waals surface area contributed by atoms with Gasteiger partial charge in [0.15, 0.2) is 5.01 Å². The van der Waals surface area contributed by atoms with Gasteiger partial charge in [-0.3, -0.25) is 0 Å². The average Bonchev–Trinajstić information content (AvgIpc) is 2.71. The molecule has 2 aromatic heterocycles. The molecule has 0 aliphatic heterocycles. The van der Waals surface area contributed by atoms with Crippen molar-refractivity contribution in [1.29, 1.82) is 0 Å². The summed E-state index contributed by atoms with van der Waals surface area (Å²) in [6.07, 6.45) is -3.23. The first-order valence-electron chi connectivity index (χ1n) is 4.90. The lowest BCUT2D eigenvalue weighted by Gasteiger charge is -2.04. The SMILES string of the molecule is Cc1nc(=S)c(C)c(-c2cnc(C(F)(F)F)s2)[nH]1. The fraction of sp³-hybridized carbons (Fsp3) is 0.300. The van der Waals surface area contributed by atoms with Crippen molar-refractivity contribution < 1.29 is 13.2 Å². The Morgan fingerprint density at radius 2 is 2.00 bits per heavy atom. The highest BCUT2D eigenvalue weighted by Crippen LogP contribution is 2.36. The second-order valence-corrected chi connectivity index (χ2v) is 5.07. The molecule has 0 aliphatic rings. The molecule has 0 aromatic carbocycles. The number of halogens is 3. The van der Waals surface area contributed by atoms with Crippen molar-refractivity contribution in [2.45, 2.75) is 20.0 Å². The minimum Gasteiger partial charge on any atom is -0.342 e. The van der Waals surface area contributed by atoms with Crippen molar-refractivity contribution in [2.75, 3.05) is 0 Å². The molecule has 2 rings (SSSR count). The van der Waals surface area contributed by atoms with Crippen LogP contribution in [0.25, 0.3) is 10.6 Å². The van der Waals surface area contributed by atoms with Crippen LogP contribution in [0, 0.1) is 18.5 Å². The molecule has 8 heteroatoms. The number of aromatic nitrogens is 3. The summed E-state index contributed by atoms with van der Waals surface area (Å²) >= 11 is 5.62. The zero-order valence-corrected chi connectivity index (χ0v) is 11.1. The van der Waals surface area contributed by atoms with E-state index in [1.165, 1.54) is 6.20 Å². The van der Waals surface area contributed by atoms with Crippen molar-refractivity contribution in [3.63, 3.8) is 0 Å². The fourth-order valence-electron chi connectivity index (χ4n) is 1.41. The Bertz CT molecular complexity index is 643. The first-order chi connectivity index (χ1) is 8.29. The maximum atomic E-state index is 12.5. The molecule has 0 bridgehead atoms. The number of H-pyrrole nitrogens is 1. The van der Waals surface area contributed by atoms with Crippen LogP contribution in [-0.4, -0.2) is 15.0 Å². The molecule has 0 spiro atoms. The van der Waals surface area contributed by atoms with Crippen molar-refractivity contribution in [2.24, 2.45) is 0 Å². The zero-order valence-electron chi connectivity index (χ0n) is 9.42. The van der Waals surface area contributed by atoms with E-state index in [-0.39, 0.29) is 0 Å². The van der Waals surface area contributed by atoms with E-state index in [1.807, 2.05) is 0 Å². The van der Waals surface area contributed by atoms with Gasteiger partial charge in [0.25, 0.3) is 0 Å². The van der Waals surface area contributed by atoms with Gasteiger partial charge in [-0.15, -0.1) is 11.3 Å². The maximum absolute atomic E-state index is 12.5. The summed E-state index contributed by atoms with van der Waals surface area (Å²) in [7, 11) is 0. The number of nitrogens with zero attached hydrogens (tertiary/aromatic N) is 2. The highest BCUT2D eigenvalue weighted by atomic mass is 32.1. The largest absolute Gasteiger partial charge is 0.443 e. The third-order valence-electron chi connectivity index (χ3n) is 2.27. The summed E-state index contributed by atoms with van der Waals surface area (Å²) in [6, 6.07) is 0. The van der Waals surface area contributed by atoms with Gasteiger partial charge in [-0.25, -0.2) is 9.97 Å². The lowest BCUT2D eigenvalue weighted by Crippen LogP contribution is -2.02. The number of hydrogen-bond donors (Lipinski definition) is 1. The summed E-state index contributed by atoms with van der Waals surface area (Å²) < 4.78 is 37.8. The molecule has 1 N–H and O–H groups in total. The van der Waals surface area contributed by atoms with Crippen LogP contribution in [-0.2, 0) is 6.18 Å². The van der Waals surface area contributed by atoms with E-state index in [4.69, 9.17) is 12.2 Å². The molecule has 18 heavy (non-hydrogen) atoms. The normalized spacial score (nSPS) is 11.8. The van der Waals surface area contributed by atoms with E-state index < -0.39 is 11.2 Å². The molecule has 96 valence electrons. The second-order valence-electron chi connectivity index (χ2n) is 3.65. The molecule has 0 saturated heterocycles. The molecular formula is C10H8F3N3S2. The van der Waals surface area contributed by atoms with Crippen molar-refractivity contribution in [1.82, 2.24) is 15.0 Å². The Balaban J connectivity index is 2.56. The standard InChI is InChI=1S/C10H8F3N3S2/c1-4-7(15-5(2)16-8(4)17)6-3-14-9(18-6)10(11,12)13/h3H,1-2H3,(H,15,16,17). The predicted octanol–water partition coefficient (Wildman–Crippen LogP) is 3.90. The van der Waals surface area contributed by atoms with Crippen LogP contribution in [0.3, 0.4) is 0 Å². The van der Waals surface area contributed by atoms with Crippen LogP contribution in [0.4, 0.5) is 13.2 Å². The van der Waals surface area contributed by atoms with Crippen molar-refractivity contribution in [3.05, 3.63) is 27.2 Å². The van der Waals surface area contributed by atoms with Gasteiger partial charge in [-0.05, 0) is 13.8 Å². The Labute approximate surface area is 110 Å². The van der Waals surface area contributed by atoms with Crippen LogP contribution in [0.2, 0.25) is 0 Å². The zero-order chi connectivity index (χ0) is 13.5. The number of aromatic amines is 1. The molecule has 0 atom stereocenters. The number of thiazole rings is 1. The van der Waals surface area contributed by atoms with E-state index in [1.54, 1.807) is 13.8 Å². The third kappa shape index (κ3) is 2.44. The molecule has 0 fully saturated rings. The number of nitrogens with one attached hydrogen (secondary N) is 1. The van der Waals surface area contributed by atoms with Crippen LogP contribution in [0.5, 0.6) is 0 Å². The fourth-order valence-corrected chi connectivity index (χ4v) is 2.49. The van der Waals surface area contributed by atoms with Crippen LogP contribution < -0.4 is 0 Å². The molecule has 2 aromatic rings. The van der Waals surface area contributed by atoms with Crippen molar-refractivity contribution >= 4 is 23.6 Å². The van der Waals surface area contributed by atoms with E-state index in [0.29, 0.717) is 37.9 Å². The Kier molecular flexibility index (Phi) is 3.24. The number of aryl methyl sites for hydroxylation is 1. The smallest absolute Gasteiger partial charge is 0.342 e. The van der Waals surface area contributed by atoms with Crippen LogP contribution >= 0.6 is 23.6 Å². The van der Waals surface area contributed by atoms with E-state index in [9.17, 15) is 13.2 Å². The number of rotatable bonds is 1. The molecule has 0 aliphatic carbocycles. The number of alkyl halides is 3. The van der Waals surface area contributed by atoms with Gasteiger partial charge in [-0.1, -0.05) is 12.2 Å². The monoisotopic (exact) mass is 291 g/mol. The summed E-state index contributed by atoms with van der Waals surface area (Å²) in [5, 5.41) is -0.870. The number of hydrogen-bond acceptors (Lipinski definition) is 4. The molecule has 0 saturated carbocycles. The summed E-state index contributed by atoms with van der Waals surface area (Å²) in [4.78, 5) is 10.7. The van der Waals surface area contributed by atoms with E-state index in [0.717, 1.165) is 0 Å². The van der Waals surface area contributed by atoms with Gasteiger partial charge >= 0.3 is 6.18 Å². The molecule has 3 nitrogen and oxygen atoms in total. The highest BCUT2D eigenvalue weighted by molar-refractivity contribution is 7.71. The Morgan fingerprint density at radius 1 is 1.33 bits per heavy atom. The Morgan fingerprint density at radius 3 is 2.56 bits per heavy atom. The first-order valence-corrected chi connectivity index (χ1v) is 6.12.